The molecule has 0 aliphatic rings. The van der Waals surface area contributed by atoms with Gasteiger partial charge in [0.25, 0.3) is 0 Å². The van der Waals surface area contributed by atoms with Crippen LogP contribution in [0.5, 0.6) is 0 Å². The number of aliphatic hydroxyl groups excluding tert-OH is 1. The summed E-state index contributed by atoms with van der Waals surface area (Å²) < 4.78 is 0. The zero-order chi connectivity index (χ0) is 7.44. The van der Waals surface area contributed by atoms with Crippen molar-refractivity contribution < 1.29 is 15.0 Å². The first-order valence-electron chi connectivity index (χ1n) is 2.64. The van der Waals surface area contributed by atoms with Gasteiger partial charge in [-0.15, -0.1) is 0 Å². The van der Waals surface area contributed by atoms with Crippen LogP contribution in [0.1, 0.15) is 13.8 Å². The molecule has 0 radical (unpaired) electrons. The van der Waals surface area contributed by atoms with Gasteiger partial charge in [0.15, 0.2) is 0 Å². The molecule has 0 aromatic rings. The van der Waals surface area contributed by atoms with Gasteiger partial charge in [0.1, 0.15) is 0 Å². The number of hydrogen-bond donors (Lipinski definition) is 2. The maximum atomic E-state index is 10.1. The second kappa shape index (κ2) is 5.92. The number of carboxylic acids is 1. The van der Waals surface area contributed by atoms with Crippen molar-refractivity contribution in [1.82, 2.24) is 0 Å². The van der Waals surface area contributed by atoms with Gasteiger partial charge in [-0.1, -0.05) is 0 Å². The molecule has 0 aliphatic heterocycles. The minimum absolute atomic E-state index is 0. The van der Waals surface area contributed by atoms with E-state index in [2.05, 4.69) is 0 Å². The van der Waals surface area contributed by atoms with Crippen LogP contribution in [-0.4, -0.2) is 51.8 Å². The first-order chi connectivity index (χ1) is 4.04. The van der Waals surface area contributed by atoms with Crippen LogP contribution in [0.15, 0.2) is 11.6 Å². The first kappa shape index (κ1) is 12.8. The molecule has 0 saturated carbocycles. The number of hydrogen-bond acceptors (Lipinski definition) is 2. The van der Waals surface area contributed by atoms with Crippen LogP contribution in [0.4, 0.5) is 0 Å². The molecule has 1 unspecified atom stereocenters. The second-order valence-corrected chi connectivity index (χ2v) is 1.90. The summed E-state index contributed by atoms with van der Waals surface area (Å²) in [5.41, 5.74) is 0.171. The molecule has 0 aliphatic carbocycles. The fourth-order valence-electron chi connectivity index (χ4n) is 0.433. The Kier molecular flexibility index (Phi) is 7.58. The van der Waals surface area contributed by atoms with Gasteiger partial charge in [0.2, 0.25) is 0 Å². The van der Waals surface area contributed by atoms with Crippen LogP contribution >= 0.6 is 0 Å². The average Bonchev–Trinajstić information content (AvgIpc) is 1.63. The molecule has 3 nitrogen and oxygen atoms in total. The summed E-state index contributed by atoms with van der Waals surface area (Å²) in [6, 6.07) is 0. The van der Waals surface area contributed by atoms with E-state index >= 15 is 0 Å². The van der Waals surface area contributed by atoms with E-state index in [1.165, 1.54) is 19.9 Å². The SMILES string of the molecule is CC(=CC(C)O)C(=O)O.[NaH]. The Morgan fingerprint density at radius 1 is 1.60 bits per heavy atom. The third-order valence-electron chi connectivity index (χ3n) is 0.829. The summed E-state index contributed by atoms with van der Waals surface area (Å²) in [7, 11) is 0. The van der Waals surface area contributed by atoms with Gasteiger partial charge >= 0.3 is 35.5 Å². The van der Waals surface area contributed by atoms with Gasteiger partial charge in [-0.2, -0.15) is 0 Å². The van der Waals surface area contributed by atoms with Crippen molar-refractivity contribution in [2.75, 3.05) is 0 Å². The molecule has 0 saturated heterocycles. The van der Waals surface area contributed by atoms with E-state index in [0.29, 0.717) is 0 Å². The summed E-state index contributed by atoms with van der Waals surface area (Å²) in [6.45, 7) is 2.95. The van der Waals surface area contributed by atoms with Gasteiger partial charge < -0.3 is 10.2 Å². The first-order valence-corrected chi connectivity index (χ1v) is 2.64. The zero-order valence-corrected chi connectivity index (χ0v) is 5.46. The molecule has 54 valence electrons. The Hall–Kier alpha value is 0.170. The van der Waals surface area contributed by atoms with E-state index < -0.39 is 12.1 Å². The quantitative estimate of drug-likeness (QED) is 0.426. The molecule has 10 heavy (non-hydrogen) atoms. The molecule has 0 spiro atoms. The van der Waals surface area contributed by atoms with E-state index in [0.717, 1.165) is 0 Å². The summed E-state index contributed by atoms with van der Waals surface area (Å²) in [6.07, 6.45) is 0.601. The predicted octanol–water partition coefficient (Wildman–Crippen LogP) is -0.250. The topological polar surface area (TPSA) is 57.5 Å². The summed E-state index contributed by atoms with van der Waals surface area (Å²) in [5, 5.41) is 16.9. The predicted molar refractivity (Wildman–Crippen MR) is 40.2 cm³/mol. The van der Waals surface area contributed by atoms with Crippen molar-refractivity contribution in [2.24, 2.45) is 0 Å². The molecule has 0 bridgehead atoms. The van der Waals surface area contributed by atoms with E-state index in [4.69, 9.17) is 10.2 Å². The molecular formula is C6H11NaO3. The third-order valence-corrected chi connectivity index (χ3v) is 0.829. The fraction of sp³-hybridized carbons (Fsp3) is 0.500. The van der Waals surface area contributed by atoms with Crippen LogP contribution in [-0.2, 0) is 4.79 Å². The van der Waals surface area contributed by atoms with Gasteiger partial charge in [-0.05, 0) is 19.9 Å². The standard InChI is InChI=1S/C6H10O3.Na.H/c1-4(6(8)9)3-5(2)7;;/h3,5,7H,1-2H3,(H,8,9);;. The Morgan fingerprint density at radius 3 is 2.10 bits per heavy atom. The van der Waals surface area contributed by atoms with E-state index in [9.17, 15) is 4.79 Å². The zero-order valence-electron chi connectivity index (χ0n) is 5.46. The minimum atomic E-state index is -0.990. The van der Waals surface area contributed by atoms with Crippen LogP contribution in [0.3, 0.4) is 0 Å². The van der Waals surface area contributed by atoms with Crippen molar-refractivity contribution >= 4 is 35.5 Å². The molecular weight excluding hydrogens is 143 g/mol. The van der Waals surface area contributed by atoms with Crippen molar-refractivity contribution in [2.45, 2.75) is 20.0 Å². The van der Waals surface area contributed by atoms with Gasteiger partial charge in [-0.25, -0.2) is 4.79 Å². The van der Waals surface area contributed by atoms with Crippen LogP contribution in [0.2, 0.25) is 0 Å². The molecule has 4 heteroatoms. The normalized spacial score (nSPS) is 13.7. The Labute approximate surface area is 82.0 Å². The molecule has 0 rings (SSSR count). The maximum absolute atomic E-state index is 10.1. The van der Waals surface area contributed by atoms with Crippen LogP contribution in [0.25, 0.3) is 0 Å². The van der Waals surface area contributed by atoms with Crippen molar-refractivity contribution in [3.8, 4) is 0 Å². The summed E-state index contributed by atoms with van der Waals surface area (Å²) >= 11 is 0. The van der Waals surface area contributed by atoms with Crippen molar-refractivity contribution in [1.29, 1.82) is 0 Å². The fourth-order valence-corrected chi connectivity index (χ4v) is 0.433. The number of carboxylic acid groups (broad SMARTS) is 1. The molecule has 0 amide bonds. The molecule has 0 aromatic carbocycles. The van der Waals surface area contributed by atoms with Gasteiger partial charge in [0.05, 0.1) is 6.10 Å². The molecule has 2 N–H and O–H groups in total. The number of carbonyl (C=O) groups is 1. The molecule has 0 aromatic heterocycles. The average molecular weight is 154 g/mol. The van der Waals surface area contributed by atoms with Crippen molar-refractivity contribution in [3.63, 3.8) is 0 Å². The Balaban J connectivity index is 0. The summed E-state index contributed by atoms with van der Waals surface area (Å²) in [4.78, 5) is 10.1. The number of aliphatic carboxylic acids is 1. The molecule has 1 atom stereocenters. The van der Waals surface area contributed by atoms with Gasteiger partial charge in [-0.3, -0.25) is 0 Å². The van der Waals surface area contributed by atoms with Crippen LogP contribution < -0.4 is 0 Å². The Morgan fingerprint density at radius 2 is 2.00 bits per heavy atom. The third kappa shape index (κ3) is 6.29. The number of aliphatic hydroxyl groups is 1. The molecule has 0 heterocycles. The van der Waals surface area contributed by atoms with E-state index in [-0.39, 0.29) is 35.1 Å². The Bertz CT molecular complexity index is 140. The van der Waals surface area contributed by atoms with Crippen molar-refractivity contribution in [3.05, 3.63) is 11.6 Å². The molecule has 0 fully saturated rings. The van der Waals surface area contributed by atoms with Gasteiger partial charge in [0, 0.05) is 5.57 Å². The second-order valence-electron chi connectivity index (χ2n) is 1.90. The summed E-state index contributed by atoms with van der Waals surface area (Å²) in [5.74, 6) is -0.990. The monoisotopic (exact) mass is 154 g/mol. The van der Waals surface area contributed by atoms with Crippen LogP contribution in [0, 0.1) is 0 Å². The van der Waals surface area contributed by atoms with E-state index in [1.54, 1.807) is 0 Å². The van der Waals surface area contributed by atoms with E-state index in [1.807, 2.05) is 0 Å². The number of rotatable bonds is 2.